The van der Waals surface area contributed by atoms with Crippen molar-refractivity contribution in [3.8, 4) is 0 Å². The van der Waals surface area contributed by atoms with Gasteiger partial charge in [-0.1, -0.05) is 0 Å². The lowest BCUT2D eigenvalue weighted by Gasteiger charge is -2.25. The number of aryl methyl sites for hydroxylation is 1. The highest BCUT2D eigenvalue weighted by Gasteiger charge is 2.11. The smallest absolute Gasteiger partial charge is 0.130 e. The van der Waals surface area contributed by atoms with Crippen molar-refractivity contribution in [2.45, 2.75) is 19.9 Å². The van der Waals surface area contributed by atoms with Crippen LogP contribution in [0.2, 0.25) is 0 Å². The Hall–Kier alpha value is -1.29. The van der Waals surface area contributed by atoms with Crippen LogP contribution in [0.1, 0.15) is 12.5 Å². The number of pyridine rings is 1. The molecule has 1 aromatic rings. The summed E-state index contributed by atoms with van der Waals surface area (Å²) < 4.78 is 5.10. The van der Waals surface area contributed by atoms with Gasteiger partial charge in [-0.25, -0.2) is 4.98 Å². The molecule has 0 saturated heterocycles. The minimum absolute atomic E-state index is 0.282. The molecule has 1 atom stereocenters. The van der Waals surface area contributed by atoms with Crippen LogP contribution < -0.4 is 10.6 Å². The van der Waals surface area contributed by atoms with Crippen LogP contribution >= 0.6 is 0 Å². The van der Waals surface area contributed by atoms with Gasteiger partial charge in [-0.15, -0.1) is 0 Å². The molecule has 15 heavy (non-hydrogen) atoms. The first-order valence-corrected chi connectivity index (χ1v) is 5.00. The maximum absolute atomic E-state index is 5.83. The summed E-state index contributed by atoms with van der Waals surface area (Å²) in [5, 5.41) is 0. The van der Waals surface area contributed by atoms with Crippen LogP contribution in [0, 0.1) is 6.92 Å². The van der Waals surface area contributed by atoms with Gasteiger partial charge in [-0.2, -0.15) is 0 Å². The van der Waals surface area contributed by atoms with Crippen molar-refractivity contribution < 1.29 is 4.74 Å². The van der Waals surface area contributed by atoms with E-state index in [1.165, 1.54) is 0 Å². The first-order valence-electron chi connectivity index (χ1n) is 5.00. The van der Waals surface area contributed by atoms with E-state index in [-0.39, 0.29) is 6.04 Å². The maximum Gasteiger partial charge on any atom is 0.130 e. The van der Waals surface area contributed by atoms with Gasteiger partial charge < -0.3 is 15.4 Å². The zero-order chi connectivity index (χ0) is 11.4. The molecule has 4 nitrogen and oxygen atoms in total. The summed E-state index contributed by atoms with van der Waals surface area (Å²) in [5.41, 5.74) is 7.62. The highest BCUT2D eigenvalue weighted by atomic mass is 16.5. The summed E-state index contributed by atoms with van der Waals surface area (Å²) in [6.45, 7) is 4.71. The Morgan fingerprint density at radius 2 is 2.27 bits per heavy atom. The van der Waals surface area contributed by atoms with E-state index in [0.29, 0.717) is 6.61 Å². The lowest BCUT2D eigenvalue weighted by Crippen LogP contribution is -2.33. The van der Waals surface area contributed by atoms with E-state index in [0.717, 1.165) is 17.1 Å². The van der Waals surface area contributed by atoms with Crippen LogP contribution in [0.3, 0.4) is 0 Å². The fourth-order valence-electron chi connectivity index (χ4n) is 1.30. The van der Waals surface area contributed by atoms with Crippen LogP contribution in [0.4, 0.5) is 11.5 Å². The third-order valence-corrected chi connectivity index (χ3v) is 2.56. The summed E-state index contributed by atoms with van der Waals surface area (Å²) in [6.07, 6.45) is 1.79. The van der Waals surface area contributed by atoms with E-state index in [1.54, 1.807) is 13.3 Å². The van der Waals surface area contributed by atoms with Gasteiger partial charge in [0.15, 0.2) is 0 Å². The molecule has 1 unspecified atom stereocenters. The number of likely N-dealkylation sites (N-methyl/N-ethyl adjacent to an activating group) is 1. The Bertz CT molecular complexity index is 328. The number of nitrogens with two attached hydrogens (primary N) is 1. The van der Waals surface area contributed by atoms with E-state index < -0.39 is 0 Å². The average molecular weight is 209 g/mol. The number of nitrogen functional groups attached to an aromatic ring is 1. The largest absolute Gasteiger partial charge is 0.398 e. The van der Waals surface area contributed by atoms with Crippen molar-refractivity contribution >= 4 is 11.5 Å². The standard InChI is InChI=1S/C11H19N3O/c1-8-6-13-11(5-10(8)12)14(3)9(2)7-15-4/h5-6,9H,7H2,1-4H3,(H2,12,13). The Balaban J connectivity index is 2.81. The lowest BCUT2D eigenvalue weighted by atomic mass is 10.2. The summed E-state index contributed by atoms with van der Waals surface area (Å²) in [7, 11) is 3.68. The van der Waals surface area contributed by atoms with Gasteiger partial charge in [0.25, 0.3) is 0 Å². The molecular weight excluding hydrogens is 190 g/mol. The van der Waals surface area contributed by atoms with Crippen LogP contribution in [-0.2, 0) is 4.74 Å². The van der Waals surface area contributed by atoms with Crippen LogP contribution in [0.15, 0.2) is 12.3 Å². The van der Waals surface area contributed by atoms with Crippen LogP contribution in [0.25, 0.3) is 0 Å². The van der Waals surface area contributed by atoms with Gasteiger partial charge in [-0.05, 0) is 19.4 Å². The molecule has 1 aromatic heterocycles. The SMILES string of the molecule is COCC(C)N(C)c1cc(N)c(C)cn1. The Kier molecular flexibility index (Phi) is 3.91. The first-order chi connectivity index (χ1) is 7.06. The molecule has 0 aliphatic rings. The second-order valence-corrected chi connectivity index (χ2v) is 3.81. The molecule has 0 bridgehead atoms. The molecule has 84 valence electrons. The monoisotopic (exact) mass is 209 g/mol. The third kappa shape index (κ3) is 2.83. The molecule has 0 aromatic carbocycles. The van der Waals surface area contributed by atoms with Crippen LogP contribution in [-0.4, -0.2) is 31.8 Å². The number of hydrogen-bond acceptors (Lipinski definition) is 4. The number of aromatic nitrogens is 1. The highest BCUT2D eigenvalue weighted by Crippen LogP contribution is 2.18. The van der Waals surface area contributed by atoms with Crippen molar-refractivity contribution in [3.05, 3.63) is 17.8 Å². The van der Waals surface area contributed by atoms with E-state index in [4.69, 9.17) is 10.5 Å². The summed E-state index contributed by atoms with van der Waals surface area (Å²) in [6, 6.07) is 2.17. The van der Waals surface area contributed by atoms with Gasteiger partial charge in [0.05, 0.1) is 12.6 Å². The molecule has 1 rings (SSSR count). The van der Waals surface area contributed by atoms with E-state index in [1.807, 2.05) is 20.0 Å². The molecule has 4 heteroatoms. The minimum Gasteiger partial charge on any atom is -0.398 e. The zero-order valence-electron chi connectivity index (χ0n) is 9.82. The fraction of sp³-hybridized carbons (Fsp3) is 0.545. The fourth-order valence-corrected chi connectivity index (χ4v) is 1.30. The molecule has 0 saturated carbocycles. The second kappa shape index (κ2) is 4.98. The molecule has 1 heterocycles. The van der Waals surface area contributed by atoms with Gasteiger partial charge >= 0.3 is 0 Å². The molecule has 0 aliphatic heterocycles. The summed E-state index contributed by atoms with van der Waals surface area (Å²) in [4.78, 5) is 6.39. The highest BCUT2D eigenvalue weighted by molar-refractivity contribution is 5.54. The normalized spacial score (nSPS) is 12.5. The Morgan fingerprint density at radius 1 is 1.60 bits per heavy atom. The number of ether oxygens (including phenoxy) is 1. The minimum atomic E-state index is 0.282. The zero-order valence-corrected chi connectivity index (χ0v) is 9.82. The van der Waals surface area contributed by atoms with Crippen molar-refractivity contribution in [1.82, 2.24) is 4.98 Å². The third-order valence-electron chi connectivity index (χ3n) is 2.56. The average Bonchev–Trinajstić information content (AvgIpc) is 2.21. The Morgan fingerprint density at radius 3 is 2.80 bits per heavy atom. The van der Waals surface area contributed by atoms with Gasteiger partial charge in [-0.3, -0.25) is 0 Å². The van der Waals surface area contributed by atoms with Crippen molar-refractivity contribution in [2.24, 2.45) is 0 Å². The van der Waals surface area contributed by atoms with E-state index in [2.05, 4.69) is 16.8 Å². The molecule has 2 N–H and O–H groups in total. The number of nitrogens with zero attached hydrogens (tertiary/aromatic N) is 2. The molecule has 0 aliphatic carbocycles. The van der Waals surface area contributed by atoms with Gasteiger partial charge in [0.1, 0.15) is 5.82 Å². The quantitative estimate of drug-likeness (QED) is 0.815. The molecule has 0 fully saturated rings. The van der Waals surface area contributed by atoms with Gasteiger partial charge in [0, 0.05) is 32.1 Å². The molecule has 0 radical (unpaired) electrons. The topological polar surface area (TPSA) is 51.4 Å². The number of rotatable bonds is 4. The molecule has 0 spiro atoms. The number of hydrogen-bond donors (Lipinski definition) is 1. The van der Waals surface area contributed by atoms with Crippen molar-refractivity contribution in [2.75, 3.05) is 31.4 Å². The van der Waals surface area contributed by atoms with Crippen LogP contribution in [0.5, 0.6) is 0 Å². The van der Waals surface area contributed by atoms with Gasteiger partial charge in [0.2, 0.25) is 0 Å². The van der Waals surface area contributed by atoms with E-state index in [9.17, 15) is 0 Å². The maximum atomic E-state index is 5.83. The Labute approximate surface area is 91.1 Å². The summed E-state index contributed by atoms with van der Waals surface area (Å²) in [5.74, 6) is 0.877. The first kappa shape index (κ1) is 11.8. The van der Waals surface area contributed by atoms with E-state index >= 15 is 0 Å². The predicted molar refractivity (Wildman–Crippen MR) is 63.1 cm³/mol. The molecule has 0 amide bonds. The summed E-state index contributed by atoms with van der Waals surface area (Å²) >= 11 is 0. The second-order valence-electron chi connectivity index (χ2n) is 3.81. The number of methoxy groups -OCH3 is 1. The van der Waals surface area contributed by atoms with Crippen molar-refractivity contribution in [1.29, 1.82) is 0 Å². The lowest BCUT2D eigenvalue weighted by molar-refractivity contribution is 0.183. The van der Waals surface area contributed by atoms with Crippen molar-refractivity contribution in [3.63, 3.8) is 0 Å². The predicted octanol–water partition coefficient (Wildman–Crippen LogP) is 1.44. The molecular formula is C11H19N3O. The number of anilines is 2.